The van der Waals surface area contributed by atoms with Gasteiger partial charge in [-0.3, -0.25) is 14.6 Å². The fourth-order valence-corrected chi connectivity index (χ4v) is 3.08. The second-order valence-electron chi connectivity index (χ2n) is 7.32. The van der Waals surface area contributed by atoms with Crippen molar-refractivity contribution in [3.63, 3.8) is 0 Å². The van der Waals surface area contributed by atoms with Crippen LogP contribution in [0.1, 0.15) is 31.0 Å². The van der Waals surface area contributed by atoms with Crippen molar-refractivity contribution >= 4 is 11.9 Å². The van der Waals surface area contributed by atoms with Crippen LogP contribution in [0.2, 0.25) is 0 Å². The number of nitrogens with two attached hydrogens (primary N) is 1. The lowest BCUT2D eigenvalue weighted by atomic mass is 9.93. The quantitative estimate of drug-likeness (QED) is 0.446. The summed E-state index contributed by atoms with van der Waals surface area (Å²) >= 11 is 0. The molecular formula is C24H24N2O5. The summed E-state index contributed by atoms with van der Waals surface area (Å²) in [5.41, 5.74) is 8.00. The van der Waals surface area contributed by atoms with Gasteiger partial charge in [-0.1, -0.05) is 38.1 Å². The lowest BCUT2D eigenvalue weighted by molar-refractivity contribution is -0.137. The van der Waals surface area contributed by atoms with Crippen LogP contribution in [0.15, 0.2) is 60.7 Å². The van der Waals surface area contributed by atoms with Crippen LogP contribution in [-0.4, -0.2) is 29.1 Å². The first-order chi connectivity index (χ1) is 14.8. The summed E-state index contributed by atoms with van der Waals surface area (Å²) in [6.45, 7) is 3.53. The van der Waals surface area contributed by atoms with E-state index in [9.17, 15) is 14.7 Å². The standard InChI is InChI=1S/C24H24N2O5/c1-14(2)24(29)31-17-7-4-6-15(12-17)18-8-5-9-19(26-18)22(23(25)28)16-10-11-20(27)21(13-16)30-3/h4-14,22,27H,1-3H3,(H2,25,28). The van der Waals surface area contributed by atoms with Gasteiger partial charge in [-0.05, 0) is 42.0 Å². The minimum Gasteiger partial charge on any atom is -0.504 e. The molecule has 0 radical (unpaired) electrons. The molecule has 0 aliphatic rings. The number of esters is 1. The number of pyridine rings is 1. The van der Waals surface area contributed by atoms with E-state index in [0.717, 1.165) is 5.56 Å². The van der Waals surface area contributed by atoms with Crippen molar-refractivity contribution in [3.05, 3.63) is 71.9 Å². The molecule has 0 aliphatic carbocycles. The second-order valence-corrected chi connectivity index (χ2v) is 7.32. The molecule has 7 heteroatoms. The van der Waals surface area contributed by atoms with E-state index in [0.29, 0.717) is 22.7 Å². The monoisotopic (exact) mass is 420 g/mol. The number of carbonyl (C=O) groups is 2. The van der Waals surface area contributed by atoms with E-state index in [2.05, 4.69) is 4.98 Å². The number of ether oxygens (including phenoxy) is 2. The Balaban J connectivity index is 1.98. The zero-order chi connectivity index (χ0) is 22.5. The van der Waals surface area contributed by atoms with Crippen molar-refractivity contribution in [2.75, 3.05) is 7.11 Å². The first kappa shape index (κ1) is 21.8. The molecule has 1 atom stereocenters. The van der Waals surface area contributed by atoms with Crippen LogP contribution in [0.25, 0.3) is 11.3 Å². The van der Waals surface area contributed by atoms with Gasteiger partial charge in [-0.2, -0.15) is 0 Å². The SMILES string of the molecule is COc1cc(C(C(N)=O)c2cccc(-c3cccc(OC(=O)C(C)C)c3)n2)ccc1O. The van der Waals surface area contributed by atoms with E-state index in [1.807, 2.05) is 6.07 Å². The lowest BCUT2D eigenvalue weighted by Gasteiger charge is -2.16. The van der Waals surface area contributed by atoms with Crippen molar-refractivity contribution in [3.8, 4) is 28.5 Å². The van der Waals surface area contributed by atoms with Crippen LogP contribution in [0.4, 0.5) is 0 Å². The summed E-state index contributed by atoms with van der Waals surface area (Å²) in [4.78, 5) is 28.8. The number of carbonyl (C=O) groups excluding carboxylic acids is 2. The Bertz CT molecular complexity index is 1110. The Labute approximate surface area is 180 Å². The molecule has 2 aromatic carbocycles. The number of hydrogen-bond acceptors (Lipinski definition) is 6. The number of methoxy groups -OCH3 is 1. The number of phenols is 1. The minimum absolute atomic E-state index is 0.0380. The smallest absolute Gasteiger partial charge is 0.313 e. The predicted octanol–water partition coefficient (Wildman–Crippen LogP) is 3.64. The van der Waals surface area contributed by atoms with Gasteiger partial charge >= 0.3 is 5.97 Å². The van der Waals surface area contributed by atoms with Gasteiger partial charge in [0.15, 0.2) is 11.5 Å². The molecular weight excluding hydrogens is 396 g/mol. The van der Waals surface area contributed by atoms with Crippen molar-refractivity contribution in [2.24, 2.45) is 11.7 Å². The number of phenolic OH excluding ortho intramolecular Hbond substituents is 1. The fraction of sp³-hybridized carbons (Fsp3) is 0.208. The molecule has 160 valence electrons. The van der Waals surface area contributed by atoms with E-state index in [-0.39, 0.29) is 23.4 Å². The fourth-order valence-electron chi connectivity index (χ4n) is 3.08. The summed E-state index contributed by atoms with van der Waals surface area (Å²) in [6.07, 6.45) is 0. The Morgan fingerprint density at radius 1 is 1.03 bits per heavy atom. The summed E-state index contributed by atoms with van der Waals surface area (Å²) in [6, 6.07) is 16.9. The van der Waals surface area contributed by atoms with E-state index in [4.69, 9.17) is 15.2 Å². The molecule has 1 unspecified atom stereocenters. The number of rotatable bonds is 7. The van der Waals surface area contributed by atoms with Crippen LogP contribution >= 0.6 is 0 Å². The maximum Gasteiger partial charge on any atom is 0.313 e. The maximum absolute atomic E-state index is 12.3. The topological polar surface area (TPSA) is 112 Å². The Hall–Kier alpha value is -3.87. The minimum atomic E-state index is -0.837. The highest BCUT2D eigenvalue weighted by Gasteiger charge is 2.23. The zero-order valence-electron chi connectivity index (χ0n) is 17.5. The molecule has 0 saturated heterocycles. The van der Waals surface area contributed by atoms with Gasteiger partial charge in [0.05, 0.1) is 24.4 Å². The van der Waals surface area contributed by atoms with Gasteiger partial charge in [-0.25, -0.2) is 0 Å². The van der Waals surface area contributed by atoms with Crippen molar-refractivity contribution in [2.45, 2.75) is 19.8 Å². The second kappa shape index (κ2) is 9.30. The van der Waals surface area contributed by atoms with Crippen LogP contribution < -0.4 is 15.2 Å². The molecule has 3 N–H and O–H groups in total. The molecule has 1 heterocycles. The van der Waals surface area contributed by atoms with Gasteiger partial charge < -0.3 is 20.3 Å². The first-order valence-electron chi connectivity index (χ1n) is 9.75. The Morgan fingerprint density at radius 2 is 1.77 bits per heavy atom. The maximum atomic E-state index is 12.3. The summed E-state index contributed by atoms with van der Waals surface area (Å²) in [7, 11) is 1.43. The molecule has 0 bridgehead atoms. The number of benzene rings is 2. The third kappa shape index (κ3) is 5.01. The van der Waals surface area contributed by atoms with Crippen LogP contribution in [-0.2, 0) is 9.59 Å². The summed E-state index contributed by atoms with van der Waals surface area (Å²) < 4.78 is 10.5. The highest BCUT2D eigenvalue weighted by molar-refractivity contribution is 5.85. The third-order valence-corrected chi connectivity index (χ3v) is 4.71. The molecule has 1 aromatic heterocycles. The first-order valence-corrected chi connectivity index (χ1v) is 9.75. The highest BCUT2D eigenvalue weighted by atomic mass is 16.5. The summed E-state index contributed by atoms with van der Waals surface area (Å²) in [5, 5.41) is 9.85. The summed E-state index contributed by atoms with van der Waals surface area (Å²) in [5.74, 6) is -1.38. The van der Waals surface area contributed by atoms with Gasteiger partial charge in [0.2, 0.25) is 5.91 Å². The molecule has 3 aromatic rings. The molecule has 0 spiro atoms. The van der Waals surface area contributed by atoms with Crippen molar-refractivity contribution < 1.29 is 24.2 Å². The molecule has 7 nitrogen and oxygen atoms in total. The van der Waals surface area contributed by atoms with Crippen LogP contribution in [0.3, 0.4) is 0 Å². The van der Waals surface area contributed by atoms with E-state index < -0.39 is 11.8 Å². The van der Waals surface area contributed by atoms with Gasteiger partial charge in [0.25, 0.3) is 0 Å². The number of hydrogen-bond donors (Lipinski definition) is 2. The lowest BCUT2D eigenvalue weighted by Crippen LogP contribution is -2.23. The largest absolute Gasteiger partial charge is 0.504 e. The molecule has 1 amide bonds. The Morgan fingerprint density at radius 3 is 2.45 bits per heavy atom. The van der Waals surface area contributed by atoms with E-state index in [1.165, 1.54) is 13.2 Å². The molecule has 0 aliphatic heterocycles. The Kier molecular flexibility index (Phi) is 6.55. The highest BCUT2D eigenvalue weighted by Crippen LogP contribution is 2.33. The predicted molar refractivity (Wildman–Crippen MR) is 116 cm³/mol. The van der Waals surface area contributed by atoms with E-state index >= 15 is 0 Å². The zero-order valence-corrected chi connectivity index (χ0v) is 17.5. The average Bonchev–Trinajstić information content (AvgIpc) is 2.75. The number of primary amides is 1. The number of aromatic hydroxyl groups is 1. The van der Waals surface area contributed by atoms with Crippen LogP contribution in [0.5, 0.6) is 17.2 Å². The van der Waals surface area contributed by atoms with Crippen molar-refractivity contribution in [1.82, 2.24) is 4.98 Å². The molecule has 0 fully saturated rings. The number of amides is 1. The molecule has 3 rings (SSSR count). The normalized spacial score (nSPS) is 11.7. The van der Waals surface area contributed by atoms with Gasteiger partial charge in [-0.15, -0.1) is 0 Å². The third-order valence-electron chi connectivity index (χ3n) is 4.71. The molecule has 0 saturated carbocycles. The van der Waals surface area contributed by atoms with Crippen LogP contribution in [0, 0.1) is 5.92 Å². The molecule has 31 heavy (non-hydrogen) atoms. The van der Waals surface area contributed by atoms with Gasteiger partial charge in [0.1, 0.15) is 11.7 Å². The number of nitrogens with zero attached hydrogens (tertiary/aromatic N) is 1. The number of aromatic nitrogens is 1. The average molecular weight is 420 g/mol. The van der Waals surface area contributed by atoms with Gasteiger partial charge in [0, 0.05) is 5.56 Å². The van der Waals surface area contributed by atoms with Crippen molar-refractivity contribution in [1.29, 1.82) is 0 Å². The van der Waals surface area contributed by atoms with E-state index in [1.54, 1.807) is 62.4 Å².